The number of halogens is 2. The van der Waals surface area contributed by atoms with E-state index in [0.29, 0.717) is 46.9 Å². The second-order valence-electron chi connectivity index (χ2n) is 5.14. The molecular weight excluding hydrogens is 337 g/mol. The molecule has 6 heteroatoms. The summed E-state index contributed by atoms with van der Waals surface area (Å²) in [5, 5.41) is 3.89. The topological polar surface area (TPSA) is 47.6 Å². The lowest BCUT2D eigenvalue weighted by Gasteiger charge is -2.12. The van der Waals surface area contributed by atoms with Crippen LogP contribution in [0.4, 0.5) is 0 Å². The highest BCUT2D eigenvalue weighted by molar-refractivity contribution is 6.32. The fourth-order valence-corrected chi connectivity index (χ4v) is 2.64. The normalized spacial score (nSPS) is 13.3. The smallest absolute Gasteiger partial charge is 0.251 e. The van der Waals surface area contributed by atoms with Crippen LogP contribution in [0.1, 0.15) is 22.3 Å². The van der Waals surface area contributed by atoms with Crippen LogP contribution in [-0.2, 0) is 6.54 Å². The van der Waals surface area contributed by atoms with Crippen molar-refractivity contribution in [3.63, 3.8) is 0 Å². The van der Waals surface area contributed by atoms with Crippen molar-refractivity contribution in [2.45, 2.75) is 13.0 Å². The third-order valence-corrected chi connectivity index (χ3v) is 3.96. The summed E-state index contributed by atoms with van der Waals surface area (Å²) in [7, 11) is 0. The molecule has 2 aromatic rings. The van der Waals surface area contributed by atoms with Crippen molar-refractivity contribution in [3.05, 3.63) is 57.6 Å². The average molecular weight is 352 g/mol. The number of carbonyl (C=O) groups excluding carboxylic acids is 1. The molecule has 0 saturated heterocycles. The summed E-state index contributed by atoms with van der Waals surface area (Å²) < 4.78 is 11.1. The van der Waals surface area contributed by atoms with Crippen molar-refractivity contribution in [3.8, 4) is 11.5 Å². The molecule has 1 N–H and O–H groups in total. The van der Waals surface area contributed by atoms with Gasteiger partial charge in [0.15, 0.2) is 11.5 Å². The molecule has 3 rings (SSSR count). The van der Waals surface area contributed by atoms with E-state index in [1.807, 2.05) is 12.1 Å². The van der Waals surface area contributed by atoms with Gasteiger partial charge in [-0.25, -0.2) is 0 Å². The number of rotatable bonds is 3. The summed E-state index contributed by atoms with van der Waals surface area (Å²) in [6, 6.07) is 10.5. The second kappa shape index (κ2) is 7.11. The van der Waals surface area contributed by atoms with E-state index in [1.54, 1.807) is 24.3 Å². The molecule has 1 aliphatic heterocycles. The monoisotopic (exact) mass is 351 g/mol. The average Bonchev–Trinajstić information content (AvgIpc) is 2.80. The molecule has 0 saturated carbocycles. The van der Waals surface area contributed by atoms with Crippen LogP contribution in [0.3, 0.4) is 0 Å². The molecule has 4 nitrogen and oxygen atoms in total. The van der Waals surface area contributed by atoms with Gasteiger partial charge in [-0.3, -0.25) is 4.79 Å². The molecule has 120 valence electrons. The third kappa shape index (κ3) is 3.89. The molecule has 0 unspecified atom stereocenters. The zero-order valence-electron chi connectivity index (χ0n) is 12.3. The minimum atomic E-state index is -0.225. The molecule has 1 heterocycles. The van der Waals surface area contributed by atoms with E-state index in [2.05, 4.69) is 5.32 Å². The Morgan fingerprint density at radius 1 is 1.09 bits per heavy atom. The van der Waals surface area contributed by atoms with Gasteiger partial charge in [-0.1, -0.05) is 35.3 Å². The molecule has 2 aromatic carbocycles. The summed E-state index contributed by atoms with van der Waals surface area (Å²) in [6.45, 7) is 1.50. The van der Waals surface area contributed by atoms with Crippen LogP contribution < -0.4 is 14.8 Å². The Bertz CT molecular complexity index is 717. The first-order chi connectivity index (χ1) is 11.1. The van der Waals surface area contributed by atoms with Crippen LogP contribution in [0.2, 0.25) is 10.0 Å². The van der Waals surface area contributed by atoms with Gasteiger partial charge in [0.1, 0.15) is 0 Å². The highest BCUT2D eigenvalue weighted by Gasteiger charge is 2.18. The van der Waals surface area contributed by atoms with E-state index in [4.69, 9.17) is 32.7 Å². The van der Waals surface area contributed by atoms with Gasteiger partial charge in [-0.05, 0) is 29.8 Å². The van der Waals surface area contributed by atoms with E-state index in [-0.39, 0.29) is 5.91 Å². The third-order valence-electron chi connectivity index (χ3n) is 3.43. The zero-order valence-corrected chi connectivity index (χ0v) is 13.8. The Labute approximate surface area is 144 Å². The van der Waals surface area contributed by atoms with Gasteiger partial charge >= 0.3 is 0 Å². The largest absolute Gasteiger partial charge is 0.489 e. The number of ether oxygens (including phenoxy) is 2. The predicted molar refractivity (Wildman–Crippen MR) is 89.7 cm³/mol. The Balaban J connectivity index is 1.73. The molecule has 0 fully saturated rings. The summed E-state index contributed by atoms with van der Waals surface area (Å²) in [5.74, 6) is 0.780. The van der Waals surface area contributed by atoms with Gasteiger partial charge in [0, 0.05) is 23.6 Å². The minimum absolute atomic E-state index is 0.225. The number of benzene rings is 2. The Morgan fingerprint density at radius 3 is 2.61 bits per heavy atom. The molecule has 0 atom stereocenters. The fourth-order valence-electron chi connectivity index (χ4n) is 2.25. The Hall–Kier alpha value is -1.91. The van der Waals surface area contributed by atoms with E-state index < -0.39 is 0 Å². The Kier molecular flexibility index (Phi) is 4.94. The molecule has 23 heavy (non-hydrogen) atoms. The lowest BCUT2D eigenvalue weighted by molar-refractivity contribution is 0.0950. The van der Waals surface area contributed by atoms with Crippen molar-refractivity contribution >= 4 is 29.1 Å². The second-order valence-corrected chi connectivity index (χ2v) is 5.99. The van der Waals surface area contributed by atoms with Crippen molar-refractivity contribution in [1.29, 1.82) is 0 Å². The van der Waals surface area contributed by atoms with Crippen LogP contribution >= 0.6 is 23.2 Å². The number of hydrogen-bond acceptors (Lipinski definition) is 3. The Morgan fingerprint density at radius 2 is 1.83 bits per heavy atom. The number of carbonyl (C=O) groups is 1. The number of fused-ring (bicyclic) bond motifs is 1. The molecule has 0 aliphatic carbocycles. The van der Waals surface area contributed by atoms with E-state index in [9.17, 15) is 4.79 Å². The van der Waals surface area contributed by atoms with Crippen LogP contribution in [0, 0.1) is 0 Å². The fraction of sp³-hybridized carbons (Fsp3) is 0.235. The molecule has 1 amide bonds. The highest BCUT2D eigenvalue weighted by Crippen LogP contribution is 2.37. The standard InChI is InChI=1S/C17H15Cl2NO3/c18-13-4-2-11(3-5-13)10-20-17(21)12-8-14(19)16-15(9-12)22-6-1-7-23-16/h2-5,8-9H,1,6-7,10H2,(H,20,21). The number of hydrogen-bond donors (Lipinski definition) is 1. The van der Waals surface area contributed by atoms with E-state index in [1.165, 1.54) is 0 Å². The van der Waals surface area contributed by atoms with Crippen molar-refractivity contribution < 1.29 is 14.3 Å². The molecule has 0 bridgehead atoms. The summed E-state index contributed by atoms with van der Waals surface area (Å²) >= 11 is 12.0. The number of nitrogens with one attached hydrogen (secondary N) is 1. The van der Waals surface area contributed by atoms with Gasteiger partial charge < -0.3 is 14.8 Å². The maximum atomic E-state index is 12.3. The zero-order chi connectivity index (χ0) is 16.2. The van der Waals surface area contributed by atoms with Gasteiger partial charge in [0.25, 0.3) is 5.91 Å². The SMILES string of the molecule is O=C(NCc1ccc(Cl)cc1)c1cc(Cl)c2c(c1)OCCCO2. The van der Waals surface area contributed by atoms with Gasteiger partial charge in [-0.15, -0.1) is 0 Å². The lowest BCUT2D eigenvalue weighted by atomic mass is 10.1. The predicted octanol–water partition coefficient (Wildman–Crippen LogP) is 4.08. The number of amides is 1. The van der Waals surface area contributed by atoms with E-state index in [0.717, 1.165) is 12.0 Å². The maximum absolute atomic E-state index is 12.3. The maximum Gasteiger partial charge on any atom is 0.251 e. The van der Waals surface area contributed by atoms with Crippen LogP contribution in [0.5, 0.6) is 11.5 Å². The molecule has 0 aromatic heterocycles. The first kappa shape index (κ1) is 16.0. The summed E-state index contributed by atoms with van der Waals surface area (Å²) in [6.07, 6.45) is 0.781. The van der Waals surface area contributed by atoms with Gasteiger partial charge in [0.05, 0.1) is 18.2 Å². The van der Waals surface area contributed by atoms with Crippen molar-refractivity contribution in [1.82, 2.24) is 5.32 Å². The molecule has 0 spiro atoms. The van der Waals surface area contributed by atoms with Crippen LogP contribution in [0.15, 0.2) is 36.4 Å². The van der Waals surface area contributed by atoms with Crippen molar-refractivity contribution in [2.24, 2.45) is 0 Å². The highest BCUT2D eigenvalue weighted by atomic mass is 35.5. The lowest BCUT2D eigenvalue weighted by Crippen LogP contribution is -2.22. The summed E-state index contributed by atoms with van der Waals surface area (Å²) in [5.41, 5.74) is 1.40. The first-order valence-corrected chi connectivity index (χ1v) is 8.01. The van der Waals surface area contributed by atoms with Gasteiger partial charge in [0.2, 0.25) is 0 Å². The van der Waals surface area contributed by atoms with Crippen molar-refractivity contribution in [2.75, 3.05) is 13.2 Å². The molecular formula is C17H15Cl2NO3. The first-order valence-electron chi connectivity index (χ1n) is 7.25. The molecule has 0 radical (unpaired) electrons. The minimum Gasteiger partial charge on any atom is -0.489 e. The van der Waals surface area contributed by atoms with Crippen LogP contribution in [-0.4, -0.2) is 19.1 Å². The molecule has 1 aliphatic rings. The van der Waals surface area contributed by atoms with E-state index >= 15 is 0 Å². The van der Waals surface area contributed by atoms with Gasteiger partial charge in [-0.2, -0.15) is 0 Å². The quantitative estimate of drug-likeness (QED) is 0.905. The summed E-state index contributed by atoms with van der Waals surface area (Å²) in [4.78, 5) is 12.3. The van der Waals surface area contributed by atoms with Crippen LogP contribution in [0.25, 0.3) is 0 Å².